The first-order chi connectivity index (χ1) is 6.63. The van der Waals surface area contributed by atoms with Crippen LogP contribution < -0.4 is 5.43 Å². The molecule has 1 aromatic heterocycles. The molecule has 1 aromatic rings. The maximum atomic E-state index is 11.2. The molecule has 5 nitrogen and oxygen atoms in total. The first-order valence-corrected chi connectivity index (χ1v) is 4.12. The largest absolute Gasteiger partial charge is 0.465 e. The summed E-state index contributed by atoms with van der Waals surface area (Å²) in [5.41, 5.74) is 3.42. The zero-order valence-corrected chi connectivity index (χ0v) is 8.44. The van der Waals surface area contributed by atoms with Crippen LogP contribution in [0.3, 0.4) is 0 Å². The van der Waals surface area contributed by atoms with Gasteiger partial charge in [-0.3, -0.25) is 0 Å². The average molecular weight is 195 g/mol. The predicted octanol–water partition coefficient (Wildman–Crippen LogP) is 0.757. The Morgan fingerprint density at radius 1 is 1.57 bits per heavy atom. The van der Waals surface area contributed by atoms with Gasteiger partial charge < -0.3 is 10.2 Å². The molecule has 0 spiro atoms. The van der Waals surface area contributed by atoms with Crippen molar-refractivity contribution in [3.05, 3.63) is 23.9 Å². The number of methoxy groups -OCH3 is 1. The molecular formula is C9H13N3O2. The molecule has 1 rings (SSSR count). The Morgan fingerprint density at radius 3 is 2.86 bits per heavy atom. The molecule has 1 heterocycles. The highest BCUT2D eigenvalue weighted by Crippen LogP contribution is 2.07. The number of carbonyl (C=O) groups excluding carboxylic acids is 1. The number of esters is 1. The third kappa shape index (κ3) is 2.70. The molecule has 0 saturated heterocycles. The van der Waals surface area contributed by atoms with Crippen LogP contribution in [0.4, 0.5) is 5.82 Å². The quantitative estimate of drug-likeness (QED) is 0.570. The van der Waals surface area contributed by atoms with E-state index in [0.29, 0.717) is 11.4 Å². The van der Waals surface area contributed by atoms with Crippen LogP contribution in [0.5, 0.6) is 0 Å². The van der Waals surface area contributed by atoms with Crippen molar-refractivity contribution in [2.75, 3.05) is 26.6 Å². The van der Waals surface area contributed by atoms with Gasteiger partial charge in [-0.15, -0.1) is 0 Å². The molecule has 0 aliphatic carbocycles. The van der Waals surface area contributed by atoms with E-state index in [1.165, 1.54) is 7.11 Å². The lowest BCUT2D eigenvalue weighted by molar-refractivity contribution is 0.0600. The van der Waals surface area contributed by atoms with E-state index in [4.69, 9.17) is 0 Å². The van der Waals surface area contributed by atoms with Gasteiger partial charge in [-0.25, -0.2) is 14.8 Å². The zero-order chi connectivity index (χ0) is 10.6. The van der Waals surface area contributed by atoms with Gasteiger partial charge in [0, 0.05) is 20.3 Å². The van der Waals surface area contributed by atoms with Crippen LogP contribution in [0.1, 0.15) is 10.4 Å². The second kappa shape index (κ2) is 4.57. The normalized spacial score (nSPS) is 10.0. The van der Waals surface area contributed by atoms with Crippen LogP contribution in [0, 0.1) is 0 Å². The highest BCUT2D eigenvalue weighted by Gasteiger charge is 2.06. The molecule has 5 heteroatoms. The Balaban J connectivity index is 2.84. The van der Waals surface area contributed by atoms with Crippen LogP contribution >= 0.6 is 0 Å². The first kappa shape index (κ1) is 10.5. The van der Waals surface area contributed by atoms with Crippen molar-refractivity contribution in [3.63, 3.8) is 0 Å². The van der Waals surface area contributed by atoms with Crippen molar-refractivity contribution in [1.82, 2.24) is 9.99 Å². The van der Waals surface area contributed by atoms with E-state index in [9.17, 15) is 4.79 Å². The predicted molar refractivity (Wildman–Crippen MR) is 52.9 cm³/mol. The fourth-order valence-corrected chi connectivity index (χ4v) is 0.966. The van der Waals surface area contributed by atoms with Gasteiger partial charge in [0.05, 0.1) is 12.7 Å². The number of pyridine rings is 1. The molecule has 1 N–H and O–H groups in total. The van der Waals surface area contributed by atoms with E-state index in [1.54, 1.807) is 23.3 Å². The zero-order valence-electron chi connectivity index (χ0n) is 8.44. The number of ether oxygens (including phenoxy) is 1. The molecule has 0 aliphatic heterocycles. The number of hydrazine groups is 1. The minimum absolute atomic E-state index is 0.366. The van der Waals surface area contributed by atoms with Crippen LogP contribution in [0.15, 0.2) is 18.3 Å². The molecule has 0 amide bonds. The summed E-state index contributed by atoms with van der Waals surface area (Å²) in [5, 5.41) is 1.74. The monoisotopic (exact) mass is 195 g/mol. The lowest BCUT2D eigenvalue weighted by atomic mass is 10.2. The van der Waals surface area contributed by atoms with E-state index in [2.05, 4.69) is 15.1 Å². The van der Waals surface area contributed by atoms with Gasteiger partial charge in [0.15, 0.2) is 0 Å². The third-order valence-electron chi connectivity index (χ3n) is 1.52. The molecule has 0 radical (unpaired) electrons. The topological polar surface area (TPSA) is 54.5 Å². The van der Waals surface area contributed by atoms with Gasteiger partial charge in [0.2, 0.25) is 0 Å². The van der Waals surface area contributed by atoms with Crippen LogP contribution in [0.25, 0.3) is 0 Å². The fourth-order valence-electron chi connectivity index (χ4n) is 0.966. The number of rotatable bonds is 3. The lowest BCUT2D eigenvalue weighted by Crippen LogP contribution is -2.20. The van der Waals surface area contributed by atoms with Crippen molar-refractivity contribution < 1.29 is 9.53 Å². The molecule has 0 atom stereocenters. The smallest absolute Gasteiger partial charge is 0.338 e. The minimum atomic E-state index is -0.366. The lowest BCUT2D eigenvalue weighted by Gasteiger charge is -2.12. The molecule has 0 aliphatic rings. The highest BCUT2D eigenvalue weighted by molar-refractivity contribution is 5.89. The summed E-state index contributed by atoms with van der Waals surface area (Å²) >= 11 is 0. The second-order valence-corrected chi connectivity index (χ2v) is 2.93. The molecule has 0 bridgehead atoms. The summed E-state index contributed by atoms with van der Waals surface area (Å²) in [6.07, 6.45) is 1.55. The van der Waals surface area contributed by atoms with Crippen molar-refractivity contribution in [2.45, 2.75) is 0 Å². The number of carbonyl (C=O) groups is 1. The SMILES string of the molecule is COC(=O)c1ccnc(NN(C)C)c1. The summed E-state index contributed by atoms with van der Waals surface area (Å²) in [6, 6.07) is 3.23. The van der Waals surface area contributed by atoms with E-state index < -0.39 is 0 Å². The molecule has 0 saturated carbocycles. The van der Waals surface area contributed by atoms with Crippen LogP contribution in [-0.2, 0) is 4.74 Å². The molecule has 0 unspecified atom stereocenters. The van der Waals surface area contributed by atoms with Crippen molar-refractivity contribution in [2.24, 2.45) is 0 Å². The highest BCUT2D eigenvalue weighted by atomic mass is 16.5. The summed E-state index contributed by atoms with van der Waals surface area (Å²) in [4.78, 5) is 15.2. The molecule has 14 heavy (non-hydrogen) atoms. The van der Waals surface area contributed by atoms with E-state index in [0.717, 1.165) is 0 Å². The van der Waals surface area contributed by atoms with Gasteiger partial charge in [-0.2, -0.15) is 0 Å². The number of nitrogens with zero attached hydrogens (tertiary/aromatic N) is 2. The number of hydrogen-bond donors (Lipinski definition) is 1. The maximum absolute atomic E-state index is 11.2. The van der Waals surface area contributed by atoms with Gasteiger partial charge in [-0.1, -0.05) is 0 Å². The van der Waals surface area contributed by atoms with Crippen molar-refractivity contribution in [3.8, 4) is 0 Å². The summed E-state index contributed by atoms with van der Waals surface area (Å²) < 4.78 is 4.59. The fraction of sp³-hybridized carbons (Fsp3) is 0.333. The van der Waals surface area contributed by atoms with E-state index in [-0.39, 0.29) is 5.97 Å². The number of anilines is 1. The Bertz CT molecular complexity index is 326. The van der Waals surface area contributed by atoms with Crippen molar-refractivity contribution in [1.29, 1.82) is 0 Å². The number of nitrogens with one attached hydrogen (secondary N) is 1. The molecule has 76 valence electrons. The minimum Gasteiger partial charge on any atom is -0.465 e. The van der Waals surface area contributed by atoms with Crippen molar-refractivity contribution >= 4 is 11.8 Å². The Hall–Kier alpha value is -1.62. The standard InChI is InChI=1S/C9H13N3O2/c1-12(2)11-8-6-7(4-5-10-8)9(13)14-3/h4-6H,1-3H3,(H,10,11). The summed E-state index contributed by atoms with van der Waals surface area (Å²) in [7, 11) is 5.03. The van der Waals surface area contributed by atoms with E-state index in [1.807, 2.05) is 14.1 Å². The second-order valence-electron chi connectivity index (χ2n) is 2.93. The summed E-state index contributed by atoms with van der Waals surface area (Å²) in [6.45, 7) is 0. The Labute approximate surface area is 82.7 Å². The van der Waals surface area contributed by atoms with E-state index >= 15 is 0 Å². The Kier molecular flexibility index (Phi) is 3.41. The first-order valence-electron chi connectivity index (χ1n) is 4.12. The maximum Gasteiger partial charge on any atom is 0.338 e. The van der Waals surface area contributed by atoms with Gasteiger partial charge in [0.25, 0.3) is 0 Å². The van der Waals surface area contributed by atoms with Gasteiger partial charge in [0.1, 0.15) is 5.82 Å². The van der Waals surface area contributed by atoms with Gasteiger partial charge in [-0.05, 0) is 12.1 Å². The average Bonchev–Trinajstić information content (AvgIpc) is 2.16. The van der Waals surface area contributed by atoms with Gasteiger partial charge >= 0.3 is 5.97 Å². The van der Waals surface area contributed by atoms with Crippen LogP contribution in [0.2, 0.25) is 0 Å². The number of hydrogen-bond acceptors (Lipinski definition) is 5. The molecule has 0 aromatic carbocycles. The Morgan fingerprint density at radius 2 is 2.29 bits per heavy atom. The number of aromatic nitrogens is 1. The molecular weight excluding hydrogens is 182 g/mol. The third-order valence-corrected chi connectivity index (χ3v) is 1.52. The summed E-state index contributed by atoms with van der Waals surface area (Å²) in [5.74, 6) is 0.243. The van der Waals surface area contributed by atoms with Crippen LogP contribution in [-0.4, -0.2) is 37.2 Å². The molecule has 0 fully saturated rings.